The van der Waals surface area contributed by atoms with Gasteiger partial charge in [-0.1, -0.05) is 41.9 Å². The number of carbonyl (C=O) groups excluding carboxylic acids is 2. The lowest BCUT2D eigenvalue weighted by Gasteiger charge is -2.13. The van der Waals surface area contributed by atoms with Crippen LogP contribution in [0.4, 0.5) is 0 Å². The van der Waals surface area contributed by atoms with E-state index in [1.165, 1.54) is 31.8 Å². The standard InChI is InChI=1S/C20H23ClN2O5S/c1-23(2)29(26,27)16-10-11-18(21)17(13-16)20(25)28-14-19(24)22-12-6-9-15-7-4-3-5-8-15/h3-5,7-8,10-11,13H,6,9,12,14H2,1-2H3,(H,22,24). The number of nitrogens with one attached hydrogen (secondary N) is 1. The molecule has 0 fully saturated rings. The Morgan fingerprint density at radius 2 is 1.79 bits per heavy atom. The second-order valence-electron chi connectivity index (χ2n) is 6.44. The highest BCUT2D eigenvalue weighted by Gasteiger charge is 2.21. The summed E-state index contributed by atoms with van der Waals surface area (Å²) < 4.78 is 30.4. The molecule has 0 saturated carbocycles. The predicted octanol–water partition coefficient (Wildman–Crippen LogP) is 2.50. The van der Waals surface area contributed by atoms with Gasteiger partial charge in [0.05, 0.1) is 15.5 Å². The van der Waals surface area contributed by atoms with Crippen molar-refractivity contribution in [1.29, 1.82) is 0 Å². The van der Waals surface area contributed by atoms with Gasteiger partial charge in [-0.3, -0.25) is 4.79 Å². The maximum Gasteiger partial charge on any atom is 0.340 e. The van der Waals surface area contributed by atoms with Gasteiger partial charge in [-0.2, -0.15) is 0 Å². The Labute approximate surface area is 175 Å². The van der Waals surface area contributed by atoms with Gasteiger partial charge < -0.3 is 10.1 Å². The number of ether oxygens (including phenoxy) is 1. The van der Waals surface area contributed by atoms with E-state index < -0.39 is 28.5 Å². The highest BCUT2D eigenvalue weighted by molar-refractivity contribution is 7.89. The Balaban J connectivity index is 1.86. The van der Waals surface area contributed by atoms with Crippen LogP contribution in [0, 0.1) is 0 Å². The average Bonchev–Trinajstić information content (AvgIpc) is 2.70. The summed E-state index contributed by atoms with van der Waals surface area (Å²) in [7, 11) is -0.973. The molecule has 0 aromatic heterocycles. The van der Waals surface area contributed by atoms with Gasteiger partial charge in [0.1, 0.15) is 0 Å². The molecule has 7 nitrogen and oxygen atoms in total. The van der Waals surface area contributed by atoms with E-state index in [0.29, 0.717) is 6.54 Å². The van der Waals surface area contributed by atoms with E-state index in [1.54, 1.807) is 0 Å². The molecule has 156 valence electrons. The van der Waals surface area contributed by atoms with Gasteiger partial charge in [0.15, 0.2) is 6.61 Å². The van der Waals surface area contributed by atoms with Gasteiger partial charge in [0.25, 0.3) is 5.91 Å². The van der Waals surface area contributed by atoms with Crippen LogP contribution < -0.4 is 5.32 Å². The van der Waals surface area contributed by atoms with Crippen LogP contribution in [0.5, 0.6) is 0 Å². The van der Waals surface area contributed by atoms with Gasteiger partial charge in [-0.15, -0.1) is 0 Å². The van der Waals surface area contributed by atoms with Crippen molar-refractivity contribution in [3.63, 3.8) is 0 Å². The normalized spacial score (nSPS) is 11.3. The molecule has 0 spiro atoms. The van der Waals surface area contributed by atoms with Gasteiger partial charge in [-0.25, -0.2) is 17.5 Å². The van der Waals surface area contributed by atoms with Gasteiger partial charge in [-0.05, 0) is 36.6 Å². The maximum absolute atomic E-state index is 12.2. The van der Waals surface area contributed by atoms with Crippen LogP contribution >= 0.6 is 11.6 Å². The highest BCUT2D eigenvalue weighted by Crippen LogP contribution is 2.22. The number of nitrogens with zero attached hydrogens (tertiary/aromatic N) is 1. The molecule has 0 heterocycles. The molecule has 9 heteroatoms. The zero-order valence-corrected chi connectivity index (χ0v) is 17.8. The van der Waals surface area contributed by atoms with Crippen molar-refractivity contribution in [2.24, 2.45) is 0 Å². The molecule has 0 aliphatic carbocycles. The monoisotopic (exact) mass is 438 g/mol. The summed E-state index contributed by atoms with van der Waals surface area (Å²) in [6.45, 7) is -0.0340. The third-order valence-electron chi connectivity index (χ3n) is 4.08. The summed E-state index contributed by atoms with van der Waals surface area (Å²) >= 11 is 5.99. The van der Waals surface area contributed by atoms with E-state index in [1.807, 2.05) is 30.3 Å². The number of carbonyl (C=O) groups is 2. The SMILES string of the molecule is CN(C)S(=O)(=O)c1ccc(Cl)c(C(=O)OCC(=O)NCCCc2ccccc2)c1. The van der Waals surface area contributed by atoms with Crippen LogP contribution in [-0.4, -0.2) is 51.8 Å². The number of halogens is 1. The molecule has 0 aliphatic heterocycles. The molecule has 0 aliphatic rings. The van der Waals surface area contributed by atoms with Gasteiger partial charge >= 0.3 is 5.97 Å². The second kappa shape index (κ2) is 10.4. The molecule has 2 aromatic carbocycles. The molecular formula is C20H23ClN2O5S. The lowest BCUT2D eigenvalue weighted by Crippen LogP contribution is -2.30. The molecule has 0 radical (unpaired) electrons. The number of amides is 1. The zero-order valence-electron chi connectivity index (χ0n) is 16.2. The molecule has 1 N–H and O–H groups in total. The van der Waals surface area contributed by atoms with E-state index in [9.17, 15) is 18.0 Å². The maximum atomic E-state index is 12.2. The van der Waals surface area contributed by atoms with Crippen LogP contribution in [0.3, 0.4) is 0 Å². The Morgan fingerprint density at radius 3 is 2.45 bits per heavy atom. The number of rotatable bonds is 9. The molecule has 0 atom stereocenters. The summed E-state index contributed by atoms with van der Waals surface area (Å²) in [6.07, 6.45) is 1.57. The van der Waals surface area contributed by atoms with Crippen LogP contribution in [0.2, 0.25) is 5.02 Å². The molecule has 29 heavy (non-hydrogen) atoms. The number of hydrogen-bond donors (Lipinski definition) is 1. The minimum absolute atomic E-state index is 0.0379. The Kier molecular flexibility index (Phi) is 8.19. The fraction of sp³-hybridized carbons (Fsp3) is 0.300. The summed E-state index contributed by atoms with van der Waals surface area (Å²) in [6, 6.07) is 13.6. The molecule has 0 saturated heterocycles. The van der Waals surface area contributed by atoms with Crippen molar-refractivity contribution in [2.45, 2.75) is 17.7 Å². The summed E-state index contributed by atoms with van der Waals surface area (Å²) in [5.41, 5.74) is 1.06. The molecule has 0 bridgehead atoms. The second-order valence-corrected chi connectivity index (χ2v) is 9.00. The molecule has 0 unspecified atom stereocenters. The van der Waals surface area contributed by atoms with Crippen LogP contribution in [0.25, 0.3) is 0 Å². The first kappa shape index (κ1) is 22.9. The third kappa shape index (κ3) is 6.56. The molecule has 2 aromatic rings. The smallest absolute Gasteiger partial charge is 0.340 e. The quantitative estimate of drug-likeness (QED) is 0.479. The molecule has 2 rings (SSSR count). The van der Waals surface area contributed by atoms with Crippen molar-refractivity contribution in [3.05, 3.63) is 64.7 Å². The van der Waals surface area contributed by atoms with Crippen LogP contribution in [0.1, 0.15) is 22.3 Å². The van der Waals surface area contributed by atoms with Gasteiger partial charge in [0, 0.05) is 20.6 Å². The number of benzene rings is 2. The van der Waals surface area contributed by atoms with Crippen molar-refractivity contribution >= 4 is 33.5 Å². The number of esters is 1. The third-order valence-corrected chi connectivity index (χ3v) is 6.22. The van der Waals surface area contributed by atoms with Crippen molar-refractivity contribution < 1.29 is 22.7 Å². The summed E-state index contributed by atoms with van der Waals surface area (Å²) in [5.74, 6) is -1.31. The lowest BCUT2D eigenvalue weighted by atomic mass is 10.1. The summed E-state index contributed by atoms with van der Waals surface area (Å²) in [5, 5.41) is 2.71. The molecule has 1 amide bonds. The number of hydrogen-bond acceptors (Lipinski definition) is 5. The average molecular weight is 439 g/mol. The fourth-order valence-corrected chi connectivity index (χ4v) is 3.58. The number of sulfonamides is 1. The Hall–Kier alpha value is -2.42. The Morgan fingerprint density at radius 1 is 1.10 bits per heavy atom. The molecular weight excluding hydrogens is 416 g/mol. The van der Waals surface area contributed by atoms with E-state index in [2.05, 4.69) is 5.32 Å². The van der Waals surface area contributed by atoms with E-state index in [-0.39, 0.29) is 15.5 Å². The topological polar surface area (TPSA) is 92.8 Å². The fourth-order valence-electron chi connectivity index (χ4n) is 2.46. The van der Waals surface area contributed by atoms with Crippen LogP contribution in [0.15, 0.2) is 53.4 Å². The van der Waals surface area contributed by atoms with Crippen molar-refractivity contribution in [2.75, 3.05) is 27.2 Å². The van der Waals surface area contributed by atoms with E-state index in [0.717, 1.165) is 23.2 Å². The van der Waals surface area contributed by atoms with E-state index >= 15 is 0 Å². The highest BCUT2D eigenvalue weighted by atomic mass is 35.5. The zero-order chi connectivity index (χ0) is 21.4. The predicted molar refractivity (Wildman–Crippen MR) is 110 cm³/mol. The van der Waals surface area contributed by atoms with Crippen molar-refractivity contribution in [3.8, 4) is 0 Å². The first-order chi connectivity index (χ1) is 13.7. The largest absolute Gasteiger partial charge is 0.452 e. The minimum Gasteiger partial charge on any atom is -0.452 e. The Bertz CT molecular complexity index is 962. The first-order valence-electron chi connectivity index (χ1n) is 8.91. The van der Waals surface area contributed by atoms with Crippen molar-refractivity contribution in [1.82, 2.24) is 9.62 Å². The lowest BCUT2D eigenvalue weighted by molar-refractivity contribution is -0.124. The minimum atomic E-state index is -3.73. The van der Waals surface area contributed by atoms with Crippen LogP contribution in [-0.2, 0) is 26.0 Å². The summed E-state index contributed by atoms with van der Waals surface area (Å²) in [4.78, 5) is 24.0. The number of aryl methyl sites for hydroxylation is 1. The first-order valence-corrected chi connectivity index (χ1v) is 10.7. The van der Waals surface area contributed by atoms with Gasteiger partial charge in [0.2, 0.25) is 10.0 Å². The van der Waals surface area contributed by atoms with E-state index in [4.69, 9.17) is 16.3 Å².